The molecule has 0 amide bonds. The molecule has 2 aromatic heterocycles. The second kappa shape index (κ2) is 6.85. The van der Waals surface area contributed by atoms with Gasteiger partial charge in [-0.05, 0) is 19.1 Å². The van der Waals surface area contributed by atoms with Crippen molar-refractivity contribution >= 4 is 11.8 Å². The molecule has 0 aliphatic heterocycles. The molecule has 0 radical (unpaired) electrons. The minimum atomic E-state index is -0.676. The molecular formula is C14H18N4O3. The van der Waals surface area contributed by atoms with Crippen LogP contribution in [0.4, 0.5) is 5.82 Å². The van der Waals surface area contributed by atoms with E-state index in [0.29, 0.717) is 24.5 Å². The molecule has 7 nitrogen and oxygen atoms in total. The van der Waals surface area contributed by atoms with Gasteiger partial charge in [0.15, 0.2) is 0 Å². The van der Waals surface area contributed by atoms with E-state index in [2.05, 4.69) is 15.4 Å². The SMILES string of the molecule is CCOC(=O)c1ccc(NCC(O)c2cnn(C)c2)nc1. The summed E-state index contributed by atoms with van der Waals surface area (Å²) in [6, 6.07) is 3.30. The Labute approximate surface area is 122 Å². The summed E-state index contributed by atoms with van der Waals surface area (Å²) >= 11 is 0. The van der Waals surface area contributed by atoms with E-state index in [4.69, 9.17) is 4.74 Å². The maximum Gasteiger partial charge on any atom is 0.339 e. The van der Waals surface area contributed by atoms with Gasteiger partial charge in [0, 0.05) is 31.5 Å². The molecule has 21 heavy (non-hydrogen) atoms. The molecule has 0 saturated heterocycles. The molecule has 2 aromatic rings. The number of carbonyl (C=O) groups excluding carboxylic acids is 1. The first kappa shape index (κ1) is 15.0. The van der Waals surface area contributed by atoms with Crippen LogP contribution in [0.3, 0.4) is 0 Å². The van der Waals surface area contributed by atoms with Gasteiger partial charge in [0.05, 0.1) is 24.5 Å². The molecule has 1 atom stereocenters. The molecule has 2 N–H and O–H groups in total. The Morgan fingerprint density at radius 2 is 2.29 bits per heavy atom. The zero-order chi connectivity index (χ0) is 15.2. The topological polar surface area (TPSA) is 89.3 Å². The number of hydrogen-bond donors (Lipinski definition) is 2. The monoisotopic (exact) mass is 290 g/mol. The van der Waals surface area contributed by atoms with Crippen molar-refractivity contribution in [3.05, 3.63) is 41.9 Å². The number of rotatable bonds is 6. The number of aryl methyl sites for hydroxylation is 1. The molecule has 0 aliphatic rings. The van der Waals surface area contributed by atoms with Gasteiger partial charge in [-0.25, -0.2) is 9.78 Å². The summed E-state index contributed by atoms with van der Waals surface area (Å²) in [6.07, 6.45) is 4.13. The summed E-state index contributed by atoms with van der Waals surface area (Å²) in [5.41, 5.74) is 1.13. The fraction of sp³-hybridized carbons (Fsp3) is 0.357. The average Bonchev–Trinajstić information content (AvgIpc) is 2.92. The van der Waals surface area contributed by atoms with Gasteiger partial charge >= 0.3 is 5.97 Å². The molecule has 0 spiro atoms. The van der Waals surface area contributed by atoms with Crippen LogP contribution >= 0.6 is 0 Å². The zero-order valence-electron chi connectivity index (χ0n) is 12.0. The van der Waals surface area contributed by atoms with Crippen molar-refractivity contribution in [1.82, 2.24) is 14.8 Å². The first-order valence-electron chi connectivity index (χ1n) is 6.63. The first-order valence-corrected chi connectivity index (χ1v) is 6.63. The third-order valence-electron chi connectivity index (χ3n) is 2.86. The van der Waals surface area contributed by atoms with E-state index in [1.54, 1.807) is 43.2 Å². The van der Waals surface area contributed by atoms with Crippen LogP contribution in [0.15, 0.2) is 30.7 Å². The Bertz CT molecular complexity index is 595. The van der Waals surface area contributed by atoms with E-state index in [9.17, 15) is 9.90 Å². The van der Waals surface area contributed by atoms with Crippen LogP contribution in [0, 0.1) is 0 Å². The van der Waals surface area contributed by atoms with Gasteiger partial charge < -0.3 is 15.2 Å². The molecule has 1 unspecified atom stereocenters. The van der Waals surface area contributed by atoms with E-state index < -0.39 is 12.1 Å². The summed E-state index contributed by atoms with van der Waals surface area (Å²) in [4.78, 5) is 15.6. The lowest BCUT2D eigenvalue weighted by atomic mass is 10.2. The van der Waals surface area contributed by atoms with Crippen LogP contribution in [-0.4, -0.2) is 39.0 Å². The van der Waals surface area contributed by atoms with Crippen molar-refractivity contribution in [2.75, 3.05) is 18.5 Å². The largest absolute Gasteiger partial charge is 0.462 e. The highest BCUT2D eigenvalue weighted by molar-refractivity contribution is 5.89. The predicted molar refractivity (Wildman–Crippen MR) is 76.9 cm³/mol. The van der Waals surface area contributed by atoms with Crippen LogP contribution in [0.2, 0.25) is 0 Å². The fourth-order valence-corrected chi connectivity index (χ4v) is 1.76. The van der Waals surface area contributed by atoms with Crippen molar-refractivity contribution in [2.24, 2.45) is 7.05 Å². The smallest absolute Gasteiger partial charge is 0.339 e. The van der Waals surface area contributed by atoms with Gasteiger partial charge in [-0.2, -0.15) is 5.10 Å². The highest BCUT2D eigenvalue weighted by Gasteiger charge is 2.10. The van der Waals surface area contributed by atoms with Crippen LogP contribution in [-0.2, 0) is 11.8 Å². The second-order valence-corrected chi connectivity index (χ2v) is 4.50. The Balaban J connectivity index is 1.90. The van der Waals surface area contributed by atoms with Gasteiger partial charge in [0.1, 0.15) is 5.82 Å². The Morgan fingerprint density at radius 1 is 1.48 bits per heavy atom. The van der Waals surface area contributed by atoms with Crippen molar-refractivity contribution in [3.8, 4) is 0 Å². The molecule has 0 saturated carbocycles. The fourth-order valence-electron chi connectivity index (χ4n) is 1.76. The second-order valence-electron chi connectivity index (χ2n) is 4.50. The van der Waals surface area contributed by atoms with E-state index in [1.165, 1.54) is 6.20 Å². The first-order chi connectivity index (χ1) is 10.1. The highest BCUT2D eigenvalue weighted by atomic mass is 16.5. The lowest BCUT2D eigenvalue weighted by molar-refractivity contribution is 0.0526. The van der Waals surface area contributed by atoms with Gasteiger partial charge in [0.2, 0.25) is 0 Å². The number of aliphatic hydroxyl groups excluding tert-OH is 1. The summed E-state index contributed by atoms with van der Waals surface area (Å²) in [7, 11) is 1.79. The number of carbonyl (C=O) groups is 1. The Hall–Kier alpha value is -2.41. The molecule has 112 valence electrons. The lowest BCUT2D eigenvalue weighted by Crippen LogP contribution is -2.13. The standard InChI is InChI=1S/C14H18N4O3/c1-3-21-14(20)10-4-5-13(15-6-10)16-8-12(19)11-7-17-18(2)9-11/h4-7,9,12,19H,3,8H2,1-2H3,(H,15,16). The van der Waals surface area contributed by atoms with Gasteiger partial charge in [-0.15, -0.1) is 0 Å². The number of pyridine rings is 1. The minimum Gasteiger partial charge on any atom is -0.462 e. The average molecular weight is 290 g/mol. The van der Waals surface area contributed by atoms with Crippen molar-refractivity contribution < 1.29 is 14.6 Å². The van der Waals surface area contributed by atoms with Gasteiger partial charge in [0.25, 0.3) is 0 Å². The molecule has 0 aromatic carbocycles. The lowest BCUT2D eigenvalue weighted by Gasteiger charge is -2.10. The zero-order valence-corrected chi connectivity index (χ0v) is 12.0. The predicted octanol–water partition coefficient (Wildman–Crippen LogP) is 1.14. The van der Waals surface area contributed by atoms with Crippen LogP contribution < -0.4 is 5.32 Å². The maximum atomic E-state index is 11.5. The van der Waals surface area contributed by atoms with Gasteiger partial charge in [-0.1, -0.05) is 0 Å². The number of ether oxygens (including phenoxy) is 1. The summed E-state index contributed by atoms with van der Waals surface area (Å²) in [6.45, 7) is 2.38. The summed E-state index contributed by atoms with van der Waals surface area (Å²) in [5, 5.41) is 17.0. The van der Waals surface area contributed by atoms with Crippen LogP contribution in [0.5, 0.6) is 0 Å². The van der Waals surface area contributed by atoms with E-state index >= 15 is 0 Å². The normalized spacial score (nSPS) is 12.0. The molecule has 0 bridgehead atoms. The highest BCUT2D eigenvalue weighted by Crippen LogP contribution is 2.13. The molecule has 0 aliphatic carbocycles. The number of nitrogens with zero attached hydrogens (tertiary/aromatic N) is 3. The van der Waals surface area contributed by atoms with E-state index in [0.717, 1.165) is 5.56 Å². The molecular weight excluding hydrogens is 272 g/mol. The van der Waals surface area contributed by atoms with Crippen molar-refractivity contribution in [2.45, 2.75) is 13.0 Å². The number of aromatic nitrogens is 3. The summed E-state index contributed by atoms with van der Waals surface area (Å²) in [5.74, 6) is 0.179. The van der Waals surface area contributed by atoms with Crippen LogP contribution in [0.25, 0.3) is 0 Å². The summed E-state index contributed by atoms with van der Waals surface area (Å²) < 4.78 is 6.51. The maximum absolute atomic E-state index is 11.5. The van der Waals surface area contributed by atoms with E-state index in [-0.39, 0.29) is 0 Å². The quantitative estimate of drug-likeness (QED) is 0.775. The van der Waals surface area contributed by atoms with Crippen LogP contribution in [0.1, 0.15) is 28.9 Å². The van der Waals surface area contributed by atoms with Crippen molar-refractivity contribution in [1.29, 1.82) is 0 Å². The number of nitrogens with one attached hydrogen (secondary N) is 1. The Kier molecular flexibility index (Phi) is 4.89. The number of hydrogen-bond acceptors (Lipinski definition) is 6. The Morgan fingerprint density at radius 3 is 2.86 bits per heavy atom. The number of aliphatic hydroxyl groups is 1. The minimum absolute atomic E-state index is 0.303. The molecule has 2 rings (SSSR count). The molecule has 2 heterocycles. The third-order valence-corrected chi connectivity index (χ3v) is 2.86. The molecule has 7 heteroatoms. The van der Waals surface area contributed by atoms with Crippen molar-refractivity contribution in [3.63, 3.8) is 0 Å². The number of anilines is 1. The number of esters is 1. The van der Waals surface area contributed by atoms with E-state index in [1.807, 2.05) is 0 Å². The third kappa shape index (κ3) is 4.03. The molecule has 0 fully saturated rings. The van der Waals surface area contributed by atoms with Gasteiger partial charge in [-0.3, -0.25) is 4.68 Å².